The summed E-state index contributed by atoms with van der Waals surface area (Å²) in [5, 5.41) is 0. The molecule has 1 aliphatic heterocycles. The fourth-order valence-corrected chi connectivity index (χ4v) is 2.60. The van der Waals surface area contributed by atoms with Crippen molar-refractivity contribution in [2.24, 2.45) is 0 Å². The van der Waals surface area contributed by atoms with Crippen LogP contribution in [0, 0.1) is 0 Å². The summed E-state index contributed by atoms with van der Waals surface area (Å²) in [5.41, 5.74) is 0. The van der Waals surface area contributed by atoms with E-state index in [0.717, 1.165) is 6.42 Å². The molecule has 0 aromatic carbocycles. The Kier molecular flexibility index (Phi) is 3.70. The SMILES string of the molecule is CCS(=O)(=O)N1CCCOC(C)C1. The van der Waals surface area contributed by atoms with Crippen LogP contribution in [0.25, 0.3) is 0 Å². The quantitative estimate of drug-likeness (QED) is 0.660. The molecule has 13 heavy (non-hydrogen) atoms. The second-order valence-electron chi connectivity index (χ2n) is 3.29. The highest BCUT2D eigenvalue weighted by Crippen LogP contribution is 2.10. The van der Waals surface area contributed by atoms with Gasteiger partial charge in [0.15, 0.2) is 0 Å². The van der Waals surface area contributed by atoms with E-state index in [1.165, 1.54) is 4.31 Å². The highest BCUT2D eigenvalue weighted by atomic mass is 32.2. The van der Waals surface area contributed by atoms with Gasteiger partial charge >= 0.3 is 0 Å². The van der Waals surface area contributed by atoms with E-state index >= 15 is 0 Å². The molecule has 0 spiro atoms. The molecule has 78 valence electrons. The van der Waals surface area contributed by atoms with E-state index in [9.17, 15) is 8.42 Å². The van der Waals surface area contributed by atoms with Crippen molar-refractivity contribution in [2.45, 2.75) is 26.4 Å². The van der Waals surface area contributed by atoms with Crippen LogP contribution in [0.1, 0.15) is 20.3 Å². The van der Waals surface area contributed by atoms with Crippen molar-refractivity contribution < 1.29 is 13.2 Å². The molecular weight excluding hydrogens is 190 g/mol. The largest absolute Gasteiger partial charge is 0.377 e. The predicted octanol–water partition coefficient (Wildman–Crippen LogP) is 0.447. The molecule has 1 fully saturated rings. The summed E-state index contributed by atoms with van der Waals surface area (Å²) in [4.78, 5) is 0. The first-order valence-corrected chi connectivity index (χ1v) is 6.26. The Morgan fingerprint density at radius 1 is 1.54 bits per heavy atom. The predicted molar refractivity (Wildman–Crippen MR) is 51.1 cm³/mol. The molecule has 0 aliphatic carbocycles. The van der Waals surface area contributed by atoms with E-state index in [1.54, 1.807) is 6.92 Å². The molecule has 4 nitrogen and oxygen atoms in total. The molecule has 0 aromatic rings. The van der Waals surface area contributed by atoms with Gasteiger partial charge in [-0.1, -0.05) is 0 Å². The lowest BCUT2D eigenvalue weighted by Crippen LogP contribution is -2.36. The van der Waals surface area contributed by atoms with Crippen LogP contribution >= 0.6 is 0 Å². The van der Waals surface area contributed by atoms with Gasteiger partial charge in [0.2, 0.25) is 10.0 Å². The molecule has 1 rings (SSSR count). The van der Waals surface area contributed by atoms with Gasteiger partial charge in [-0.15, -0.1) is 0 Å². The molecule has 0 aromatic heterocycles. The third-order valence-corrected chi connectivity index (χ3v) is 4.02. The zero-order chi connectivity index (χ0) is 9.90. The van der Waals surface area contributed by atoms with Gasteiger partial charge in [-0.3, -0.25) is 0 Å². The summed E-state index contributed by atoms with van der Waals surface area (Å²) in [7, 11) is -3.02. The van der Waals surface area contributed by atoms with E-state index in [1.807, 2.05) is 6.92 Å². The van der Waals surface area contributed by atoms with E-state index in [2.05, 4.69) is 0 Å². The molecule has 0 amide bonds. The van der Waals surface area contributed by atoms with Crippen LogP contribution in [-0.4, -0.2) is 44.3 Å². The number of rotatable bonds is 2. The maximum absolute atomic E-state index is 11.5. The molecule has 0 N–H and O–H groups in total. The molecule has 0 radical (unpaired) electrons. The van der Waals surface area contributed by atoms with Crippen molar-refractivity contribution >= 4 is 10.0 Å². The highest BCUT2D eigenvalue weighted by molar-refractivity contribution is 7.89. The number of hydrogen-bond acceptors (Lipinski definition) is 3. The van der Waals surface area contributed by atoms with Gasteiger partial charge in [0.1, 0.15) is 0 Å². The van der Waals surface area contributed by atoms with Crippen LogP contribution < -0.4 is 0 Å². The average molecular weight is 207 g/mol. The molecular formula is C8H17NO3S. The van der Waals surface area contributed by atoms with Gasteiger partial charge in [0.25, 0.3) is 0 Å². The van der Waals surface area contributed by atoms with Crippen LogP contribution in [0.4, 0.5) is 0 Å². The standard InChI is InChI=1S/C8H17NO3S/c1-3-13(10,11)9-5-4-6-12-8(2)7-9/h8H,3-7H2,1-2H3. The molecule has 1 aliphatic rings. The fourth-order valence-electron chi connectivity index (χ4n) is 1.39. The lowest BCUT2D eigenvalue weighted by Gasteiger charge is -2.20. The van der Waals surface area contributed by atoms with Gasteiger partial charge in [0, 0.05) is 19.7 Å². The summed E-state index contributed by atoms with van der Waals surface area (Å²) >= 11 is 0. The minimum Gasteiger partial charge on any atom is -0.377 e. The highest BCUT2D eigenvalue weighted by Gasteiger charge is 2.24. The maximum atomic E-state index is 11.5. The molecule has 0 saturated carbocycles. The Labute approximate surface area is 79.9 Å². The minimum atomic E-state index is -3.02. The fraction of sp³-hybridized carbons (Fsp3) is 1.00. The summed E-state index contributed by atoms with van der Waals surface area (Å²) in [5.74, 6) is 0.180. The lowest BCUT2D eigenvalue weighted by atomic mass is 10.4. The first-order valence-electron chi connectivity index (χ1n) is 4.65. The Hall–Kier alpha value is -0.130. The van der Waals surface area contributed by atoms with Crippen molar-refractivity contribution in [3.63, 3.8) is 0 Å². The van der Waals surface area contributed by atoms with Crippen LogP contribution in [0.2, 0.25) is 0 Å². The summed E-state index contributed by atoms with van der Waals surface area (Å²) in [6, 6.07) is 0. The molecule has 0 bridgehead atoms. The van der Waals surface area contributed by atoms with Crippen LogP contribution in [0.5, 0.6) is 0 Å². The second-order valence-corrected chi connectivity index (χ2v) is 5.55. The number of ether oxygens (including phenoxy) is 1. The summed E-state index contributed by atoms with van der Waals surface area (Å²) in [6.07, 6.45) is 0.813. The Morgan fingerprint density at radius 3 is 2.85 bits per heavy atom. The normalized spacial score (nSPS) is 27.1. The topological polar surface area (TPSA) is 46.6 Å². The smallest absolute Gasteiger partial charge is 0.213 e. The second kappa shape index (κ2) is 4.39. The van der Waals surface area contributed by atoms with Crippen molar-refractivity contribution in [1.82, 2.24) is 4.31 Å². The van der Waals surface area contributed by atoms with Crippen molar-refractivity contribution in [3.8, 4) is 0 Å². The van der Waals surface area contributed by atoms with E-state index in [0.29, 0.717) is 19.7 Å². The first-order chi connectivity index (χ1) is 6.06. The third-order valence-electron chi connectivity index (χ3n) is 2.17. The zero-order valence-electron chi connectivity index (χ0n) is 8.19. The van der Waals surface area contributed by atoms with Crippen molar-refractivity contribution in [1.29, 1.82) is 0 Å². The summed E-state index contributed by atoms with van der Waals surface area (Å²) < 4.78 is 29.9. The Balaban J connectivity index is 2.68. The first kappa shape index (κ1) is 10.9. The third kappa shape index (κ3) is 2.93. The van der Waals surface area contributed by atoms with Crippen LogP contribution in [0.3, 0.4) is 0 Å². The lowest BCUT2D eigenvalue weighted by molar-refractivity contribution is 0.0752. The summed E-state index contributed by atoms with van der Waals surface area (Å²) in [6.45, 7) is 5.34. The molecule has 1 unspecified atom stereocenters. The van der Waals surface area contributed by atoms with Gasteiger partial charge in [-0.25, -0.2) is 8.42 Å². The van der Waals surface area contributed by atoms with Crippen LogP contribution in [-0.2, 0) is 14.8 Å². The van der Waals surface area contributed by atoms with Crippen molar-refractivity contribution in [2.75, 3.05) is 25.4 Å². The molecule has 1 heterocycles. The molecule has 1 atom stereocenters. The monoisotopic (exact) mass is 207 g/mol. The van der Waals surface area contributed by atoms with E-state index in [-0.39, 0.29) is 11.9 Å². The Morgan fingerprint density at radius 2 is 2.23 bits per heavy atom. The van der Waals surface area contributed by atoms with Gasteiger partial charge in [-0.2, -0.15) is 4.31 Å². The Bertz CT molecular complexity index is 250. The van der Waals surface area contributed by atoms with E-state index < -0.39 is 10.0 Å². The van der Waals surface area contributed by atoms with Gasteiger partial charge < -0.3 is 4.74 Å². The average Bonchev–Trinajstić information content (AvgIpc) is 2.30. The minimum absolute atomic E-state index is 0.0174. The number of sulfonamides is 1. The maximum Gasteiger partial charge on any atom is 0.213 e. The van der Waals surface area contributed by atoms with Gasteiger partial charge in [0.05, 0.1) is 11.9 Å². The molecule has 1 saturated heterocycles. The van der Waals surface area contributed by atoms with Crippen LogP contribution in [0.15, 0.2) is 0 Å². The number of nitrogens with zero attached hydrogens (tertiary/aromatic N) is 1. The van der Waals surface area contributed by atoms with E-state index in [4.69, 9.17) is 4.74 Å². The van der Waals surface area contributed by atoms with Gasteiger partial charge in [-0.05, 0) is 20.3 Å². The number of hydrogen-bond donors (Lipinski definition) is 0. The molecule has 5 heteroatoms. The zero-order valence-corrected chi connectivity index (χ0v) is 9.01. The van der Waals surface area contributed by atoms with Crippen molar-refractivity contribution in [3.05, 3.63) is 0 Å².